The lowest BCUT2D eigenvalue weighted by Crippen LogP contribution is -2.30. The third-order valence-corrected chi connectivity index (χ3v) is 3.45. The van der Waals surface area contributed by atoms with E-state index in [0.717, 1.165) is 0 Å². The molecule has 0 N–H and O–H groups in total. The largest absolute Gasteiger partial charge is 0.295 e. The van der Waals surface area contributed by atoms with Gasteiger partial charge in [0.1, 0.15) is 10.9 Å². The minimum absolute atomic E-state index is 0.377. The number of carbonyl (C=O) groups excluding carboxylic acids is 1. The molecule has 0 radical (unpaired) electrons. The van der Waals surface area contributed by atoms with Gasteiger partial charge in [-0.05, 0) is 20.8 Å². The highest BCUT2D eigenvalue weighted by molar-refractivity contribution is 7.88. The predicted molar refractivity (Wildman–Crippen MR) is 38.6 cm³/mol. The highest BCUT2D eigenvalue weighted by Gasteiger charge is 2.50. The summed E-state index contributed by atoms with van der Waals surface area (Å²) in [6.45, 7) is 4.25. The van der Waals surface area contributed by atoms with Gasteiger partial charge in [0.25, 0.3) is 10.1 Å². The summed E-state index contributed by atoms with van der Waals surface area (Å²) in [6.07, 6.45) is 0. The first kappa shape index (κ1) is 8.67. The molecular weight excluding hydrogens is 168 g/mol. The van der Waals surface area contributed by atoms with Gasteiger partial charge in [-0.3, -0.25) is 8.98 Å². The Kier molecular flexibility index (Phi) is 1.61. The summed E-state index contributed by atoms with van der Waals surface area (Å²) in [5.41, 5.74) is -1.17. The van der Waals surface area contributed by atoms with Crippen molar-refractivity contribution in [1.29, 1.82) is 0 Å². The molecule has 1 heterocycles. The van der Waals surface area contributed by atoms with Crippen LogP contribution in [0.5, 0.6) is 0 Å². The maximum absolute atomic E-state index is 11.1. The van der Waals surface area contributed by atoms with Crippen molar-refractivity contribution in [2.75, 3.05) is 0 Å². The van der Waals surface area contributed by atoms with Gasteiger partial charge >= 0.3 is 0 Å². The lowest BCUT2D eigenvalue weighted by molar-refractivity contribution is -0.127. The molecule has 0 saturated carbocycles. The molecule has 0 aromatic heterocycles. The first-order valence-electron chi connectivity index (χ1n) is 3.26. The van der Waals surface area contributed by atoms with Crippen molar-refractivity contribution in [3.63, 3.8) is 0 Å². The van der Waals surface area contributed by atoms with E-state index in [-0.39, 0.29) is 5.78 Å². The van der Waals surface area contributed by atoms with Crippen molar-refractivity contribution in [3.8, 4) is 0 Å². The second-order valence-electron chi connectivity index (χ2n) is 3.09. The minimum Gasteiger partial charge on any atom is -0.295 e. The fraction of sp³-hybridized carbons (Fsp3) is 0.833. The molecule has 1 aliphatic heterocycles. The molecule has 1 unspecified atom stereocenters. The molecule has 1 fully saturated rings. The van der Waals surface area contributed by atoms with Crippen molar-refractivity contribution >= 4 is 15.9 Å². The number of ketones is 1. The maximum Gasteiger partial charge on any atom is 0.278 e. The van der Waals surface area contributed by atoms with E-state index in [1.54, 1.807) is 0 Å². The zero-order valence-corrected chi connectivity index (χ0v) is 7.44. The van der Waals surface area contributed by atoms with E-state index in [1.807, 2.05) is 0 Å². The Morgan fingerprint density at radius 2 is 1.91 bits per heavy atom. The van der Waals surface area contributed by atoms with E-state index in [0.29, 0.717) is 0 Å². The highest BCUT2D eigenvalue weighted by Crippen LogP contribution is 2.28. The zero-order valence-electron chi connectivity index (χ0n) is 6.62. The van der Waals surface area contributed by atoms with Gasteiger partial charge in [0, 0.05) is 0 Å². The summed E-state index contributed by atoms with van der Waals surface area (Å²) in [5.74, 6) is -0.377. The van der Waals surface area contributed by atoms with E-state index in [2.05, 4.69) is 4.18 Å². The minimum atomic E-state index is -3.63. The van der Waals surface area contributed by atoms with Crippen molar-refractivity contribution in [1.82, 2.24) is 0 Å². The topological polar surface area (TPSA) is 60.4 Å². The van der Waals surface area contributed by atoms with Gasteiger partial charge in [-0.1, -0.05) is 0 Å². The van der Waals surface area contributed by atoms with Gasteiger partial charge in [-0.2, -0.15) is 8.42 Å². The lowest BCUT2D eigenvalue weighted by atomic mass is 10.0. The van der Waals surface area contributed by atoms with E-state index in [9.17, 15) is 13.2 Å². The Bertz CT molecular complexity index is 288. The molecule has 1 rings (SSSR count). The molecule has 11 heavy (non-hydrogen) atoms. The van der Waals surface area contributed by atoms with Crippen LogP contribution < -0.4 is 0 Å². The number of Topliss-reactive ketones (excluding diaryl/α,β-unsaturated/α-hetero) is 1. The Hall–Kier alpha value is -0.420. The summed E-state index contributed by atoms with van der Waals surface area (Å²) < 4.78 is 26.5. The van der Waals surface area contributed by atoms with Crippen LogP contribution in [0.4, 0.5) is 0 Å². The molecule has 1 aliphatic rings. The van der Waals surface area contributed by atoms with Crippen LogP contribution in [0.1, 0.15) is 20.8 Å². The van der Waals surface area contributed by atoms with Crippen LogP contribution in [0.25, 0.3) is 0 Å². The van der Waals surface area contributed by atoms with Gasteiger partial charge in [0.05, 0.1) is 0 Å². The van der Waals surface area contributed by atoms with Crippen LogP contribution in [-0.2, 0) is 19.1 Å². The smallest absolute Gasteiger partial charge is 0.278 e. The fourth-order valence-corrected chi connectivity index (χ4v) is 2.38. The highest BCUT2D eigenvalue weighted by atomic mass is 32.2. The zero-order chi connectivity index (χ0) is 8.86. The third kappa shape index (κ3) is 1.18. The summed E-state index contributed by atoms with van der Waals surface area (Å²) in [7, 11) is -3.63. The average Bonchev–Trinajstić information content (AvgIpc) is 1.91. The van der Waals surface area contributed by atoms with Gasteiger partial charge < -0.3 is 0 Å². The average molecular weight is 178 g/mol. The number of hydrogen-bond donors (Lipinski definition) is 0. The normalized spacial score (nSPS) is 34.1. The molecule has 0 spiro atoms. The summed E-state index contributed by atoms with van der Waals surface area (Å²) in [5, 5.41) is -1.02. The monoisotopic (exact) mass is 178 g/mol. The Morgan fingerprint density at radius 3 is 2.00 bits per heavy atom. The quantitative estimate of drug-likeness (QED) is 0.493. The third-order valence-electron chi connectivity index (χ3n) is 1.72. The number of rotatable bonds is 0. The predicted octanol–water partition coefficient (Wildman–Crippen LogP) is 0.0826. The van der Waals surface area contributed by atoms with E-state index >= 15 is 0 Å². The van der Waals surface area contributed by atoms with Crippen LogP contribution in [0, 0.1) is 0 Å². The summed E-state index contributed by atoms with van der Waals surface area (Å²) in [4.78, 5) is 11.1. The van der Waals surface area contributed by atoms with Gasteiger partial charge in [0.2, 0.25) is 0 Å². The van der Waals surface area contributed by atoms with Gasteiger partial charge in [0.15, 0.2) is 5.78 Å². The number of carbonyl (C=O) groups is 1. The molecule has 1 saturated heterocycles. The van der Waals surface area contributed by atoms with E-state index in [1.165, 1.54) is 20.8 Å². The van der Waals surface area contributed by atoms with Crippen molar-refractivity contribution in [2.45, 2.75) is 31.6 Å². The van der Waals surface area contributed by atoms with E-state index < -0.39 is 21.0 Å². The van der Waals surface area contributed by atoms with Crippen LogP contribution in [0.2, 0.25) is 0 Å². The van der Waals surface area contributed by atoms with Crippen LogP contribution in [0.15, 0.2) is 0 Å². The van der Waals surface area contributed by atoms with Crippen LogP contribution >= 0.6 is 0 Å². The molecule has 4 nitrogen and oxygen atoms in total. The molecule has 0 aliphatic carbocycles. The molecule has 0 aromatic carbocycles. The second-order valence-corrected chi connectivity index (χ2v) is 4.95. The number of hydrogen-bond acceptors (Lipinski definition) is 4. The standard InChI is InChI=1S/C6H10O4S/c1-4-5(7)6(2,3)10-11(4,8)9/h4H,1-3H3. The lowest BCUT2D eigenvalue weighted by Gasteiger charge is -2.10. The summed E-state index contributed by atoms with van der Waals surface area (Å²) in [6, 6.07) is 0. The molecule has 0 aromatic rings. The molecule has 5 heteroatoms. The van der Waals surface area contributed by atoms with Crippen LogP contribution in [0.3, 0.4) is 0 Å². The molecular formula is C6H10O4S. The molecule has 64 valence electrons. The first-order valence-corrected chi connectivity index (χ1v) is 4.73. The Labute approximate surface area is 65.7 Å². The summed E-state index contributed by atoms with van der Waals surface area (Å²) >= 11 is 0. The first-order chi connectivity index (χ1) is 4.77. The van der Waals surface area contributed by atoms with Crippen LogP contribution in [-0.4, -0.2) is 25.1 Å². The Morgan fingerprint density at radius 1 is 1.45 bits per heavy atom. The SMILES string of the molecule is CC1C(=O)C(C)(C)OS1(=O)=O. The molecule has 0 amide bonds. The van der Waals surface area contributed by atoms with Crippen molar-refractivity contribution in [2.24, 2.45) is 0 Å². The van der Waals surface area contributed by atoms with Crippen molar-refractivity contribution < 1.29 is 17.4 Å². The second kappa shape index (κ2) is 2.04. The van der Waals surface area contributed by atoms with Gasteiger partial charge in [-0.25, -0.2) is 0 Å². The van der Waals surface area contributed by atoms with Gasteiger partial charge in [-0.15, -0.1) is 0 Å². The van der Waals surface area contributed by atoms with Crippen molar-refractivity contribution in [3.05, 3.63) is 0 Å². The maximum atomic E-state index is 11.1. The van der Waals surface area contributed by atoms with E-state index in [4.69, 9.17) is 0 Å². The Balaban J connectivity index is 3.16. The fourth-order valence-electron chi connectivity index (χ4n) is 1.02. The molecule has 0 bridgehead atoms. The molecule has 1 atom stereocenters.